The average molecular weight is 230 g/mol. The van der Waals surface area contributed by atoms with E-state index in [0.29, 0.717) is 13.0 Å². The van der Waals surface area contributed by atoms with Crippen LogP contribution in [0.4, 0.5) is 0 Å². The summed E-state index contributed by atoms with van der Waals surface area (Å²) in [7, 11) is 0. The number of Topliss-reactive ketones (excluding diaryl/α,β-unsaturated/α-hetero) is 1. The van der Waals surface area contributed by atoms with Crippen LogP contribution in [-0.4, -0.2) is 23.2 Å². The molecule has 1 amide bonds. The normalized spacial score (nSPS) is 10.4. The van der Waals surface area contributed by atoms with E-state index in [1.165, 1.54) is 6.92 Å². The van der Waals surface area contributed by atoms with Gasteiger partial charge in [-0.15, -0.1) is 0 Å². The van der Waals surface area contributed by atoms with Gasteiger partial charge in [-0.05, 0) is 18.1 Å². The van der Waals surface area contributed by atoms with Gasteiger partial charge < -0.3 is 10.3 Å². The molecular formula is C13H14N2O2. The fourth-order valence-corrected chi connectivity index (χ4v) is 1.77. The molecule has 0 unspecified atom stereocenters. The number of rotatable bonds is 4. The Kier molecular flexibility index (Phi) is 3.23. The van der Waals surface area contributed by atoms with Crippen LogP contribution < -0.4 is 5.32 Å². The lowest BCUT2D eigenvalue weighted by Crippen LogP contribution is -2.30. The minimum atomic E-state index is -0.523. The standard InChI is InChI=1S/C13H14N2O2/c1-9(16)13(17)14-7-6-10-8-15-12-5-3-2-4-11(10)12/h2-5,8,15H,6-7H2,1H3,(H,14,17). The van der Waals surface area contributed by atoms with E-state index in [-0.39, 0.29) is 0 Å². The summed E-state index contributed by atoms with van der Waals surface area (Å²) in [5, 5.41) is 3.74. The lowest BCUT2D eigenvalue weighted by molar-refractivity contribution is -0.136. The van der Waals surface area contributed by atoms with Gasteiger partial charge in [0.2, 0.25) is 5.78 Å². The third-order valence-electron chi connectivity index (χ3n) is 2.67. The molecule has 17 heavy (non-hydrogen) atoms. The minimum absolute atomic E-state index is 0.455. The molecule has 0 saturated carbocycles. The van der Waals surface area contributed by atoms with Crippen molar-refractivity contribution >= 4 is 22.6 Å². The van der Waals surface area contributed by atoms with E-state index in [1.807, 2.05) is 30.5 Å². The number of hydrogen-bond donors (Lipinski definition) is 2. The molecule has 2 aromatic rings. The molecule has 0 radical (unpaired) electrons. The summed E-state index contributed by atoms with van der Waals surface area (Å²) < 4.78 is 0. The van der Waals surface area contributed by atoms with E-state index in [2.05, 4.69) is 10.3 Å². The predicted octanol–water partition coefficient (Wildman–Crippen LogP) is 1.42. The summed E-state index contributed by atoms with van der Waals surface area (Å²) in [6.07, 6.45) is 2.65. The predicted molar refractivity (Wildman–Crippen MR) is 65.7 cm³/mol. The molecule has 1 aromatic heterocycles. The van der Waals surface area contributed by atoms with Crippen LogP contribution in [0, 0.1) is 0 Å². The second-order valence-corrected chi connectivity index (χ2v) is 3.92. The van der Waals surface area contributed by atoms with Gasteiger partial charge in [0, 0.05) is 30.6 Å². The number of para-hydroxylation sites is 1. The number of fused-ring (bicyclic) bond motifs is 1. The zero-order valence-corrected chi connectivity index (χ0v) is 9.62. The van der Waals surface area contributed by atoms with Crippen molar-refractivity contribution in [3.63, 3.8) is 0 Å². The van der Waals surface area contributed by atoms with Crippen molar-refractivity contribution in [2.45, 2.75) is 13.3 Å². The highest BCUT2D eigenvalue weighted by molar-refractivity contribution is 6.35. The number of amides is 1. The van der Waals surface area contributed by atoms with E-state index in [0.717, 1.165) is 16.5 Å². The van der Waals surface area contributed by atoms with Crippen LogP contribution in [0.25, 0.3) is 10.9 Å². The topological polar surface area (TPSA) is 62.0 Å². The van der Waals surface area contributed by atoms with Crippen molar-refractivity contribution in [1.82, 2.24) is 10.3 Å². The molecule has 0 aliphatic rings. The molecule has 0 aliphatic carbocycles. The summed E-state index contributed by atoms with van der Waals surface area (Å²) in [4.78, 5) is 25.0. The average Bonchev–Trinajstić information content (AvgIpc) is 2.72. The number of aromatic nitrogens is 1. The molecule has 2 rings (SSSR count). The molecule has 2 N–H and O–H groups in total. The number of ketones is 1. The van der Waals surface area contributed by atoms with Crippen LogP contribution in [0.2, 0.25) is 0 Å². The van der Waals surface area contributed by atoms with Gasteiger partial charge >= 0.3 is 0 Å². The van der Waals surface area contributed by atoms with Gasteiger partial charge in [-0.3, -0.25) is 9.59 Å². The molecule has 1 aromatic carbocycles. The fourth-order valence-electron chi connectivity index (χ4n) is 1.77. The van der Waals surface area contributed by atoms with Gasteiger partial charge in [0.15, 0.2) is 0 Å². The Balaban J connectivity index is 2.00. The molecular weight excluding hydrogens is 216 g/mol. The van der Waals surface area contributed by atoms with Crippen LogP contribution in [0.1, 0.15) is 12.5 Å². The fraction of sp³-hybridized carbons (Fsp3) is 0.231. The van der Waals surface area contributed by atoms with Crippen LogP contribution in [0.5, 0.6) is 0 Å². The second-order valence-electron chi connectivity index (χ2n) is 3.92. The Bertz CT molecular complexity index is 557. The van der Waals surface area contributed by atoms with Crippen LogP contribution >= 0.6 is 0 Å². The number of benzene rings is 1. The van der Waals surface area contributed by atoms with E-state index in [1.54, 1.807) is 0 Å². The highest BCUT2D eigenvalue weighted by Crippen LogP contribution is 2.17. The molecule has 0 fully saturated rings. The highest BCUT2D eigenvalue weighted by Gasteiger charge is 2.07. The lowest BCUT2D eigenvalue weighted by Gasteiger charge is -2.01. The number of nitrogens with one attached hydrogen (secondary N) is 2. The van der Waals surface area contributed by atoms with E-state index in [9.17, 15) is 9.59 Å². The number of hydrogen-bond acceptors (Lipinski definition) is 2. The molecule has 4 nitrogen and oxygen atoms in total. The van der Waals surface area contributed by atoms with Gasteiger partial charge in [0.05, 0.1) is 0 Å². The Morgan fingerprint density at radius 1 is 1.29 bits per heavy atom. The molecule has 0 bridgehead atoms. The number of carbonyl (C=O) groups excluding carboxylic acids is 2. The van der Waals surface area contributed by atoms with Crippen LogP contribution in [0.15, 0.2) is 30.5 Å². The summed E-state index contributed by atoms with van der Waals surface area (Å²) in [5.74, 6) is -0.978. The van der Waals surface area contributed by atoms with Crippen molar-refractivity contribution in [3.8, 4) is 0 Å². The van der Waals surface area contributed by atoms with Crippen molar-refractivity contribution in [2.24, 2.45) is 0 Å². The monoisotopic (exact) mass is 230 g/mol. The van der Waals surface area contributed by atoms with E-state index >= 15 is 0 Å². The maximum absolute atomic E-state index is 11.1. The lowest BCUT2D eigenvalue weighted by atomic mass is 10.1. The molecule has 0 saturated heterocycles. The molecule has 1 heterocycles. The summed E-state index contributed by atoms with van der Waals surface area (Å²) in [6.45, 7) is 1.74. The summed E-state index contributed by atoms with van der Waals surface area (Å²) in [5.41, 5.74) is 2.23. The van der Waals surface area contributed by atoms with Crippen LogP contribution in [-0.2, 0) is 16.0 Å². The maximum Gasteiger partial charge on any atom is 0.287 e. The zero-order chi connectivity index (χ0) is 12.3. The Morgan fingerprint density at radius 2 is 2.06 bits per heavy atom. The highest BCUT2D eigenvalue weighted by atomic mass is 16.2. The Morgan fingerprint density at radius 3 is 2.82 bits per heavy atom. The third kappa shape index (κ3) is 2.53. The van der Waals surface area contributed by atoms with Crippen molar-refractivity contribution in [2.75, 3.05) is 6.54 Å². The third-order valence-corrected chi connectivity index (χ3v) is 2.67. The van der Waals surface area contributed by atoms with Gasteiger partial charge in [-0.2, -0.15) is 0 Å². The SMILES string of the molecule is CC(=O)C(=O)NCCc1c[nH]c2ccccc12. The number of aromatic amines is 1. The van der Waals surface area contributed by atoms with Gasteiger partial charge in [0.1, 0.15) is 0 Å². The number of H-pyrrole nitrogens is 1. The maximum atomic E-state index is 11.1. The molecule has 0 spiro atoms. The van der Waals surface area contributed by atoms with Crippen molar-refractivity contribution in [3.05, 3.63) is 36.0 Å². The van der Waals surface area contributed by atoms with Crippen molar-refractivity contribution < 1.29 is 9.59 Å². The Labute approximate surface area is 99.0 Å². The van der Waals surface area contributed by atoms with Crippen LogP contribution in [0.3, 0.4) is 0 Å². The first-order chi connectivity index (χ1) is 8.18. The minimum Gasteiger partial charge on any atom is -0.361 e. The second kappa shape index (κ2) is 4.82. The zero-order valence-electron chi connectivity index (χ0n) is 9.62. The first-order valence-electron chi connectivity index (χ1n) is 5.52. The Hall–Kier alpha value is -2.10. The van der Waals surface area contributed by atoms with Gasteiger partial charge in [-0.1, -0.05) is 18.2 Å². The van der Waals surface area contributed by atoms with E-state index < -0.39 is 11.7 Å². The molecule has 88 valence electrons. The first-order valence-corrected chi connectivity index (χ1v) is 5.52. The first kappa shape index (κ1) is 11.4. The van der Waals surface area contributed by atoms with Gasteiger partial charge in [-0.25, -0.2) is 0 Å². The summed E-state index contributed by atoms with van der Waals surface area (Å²) >= 11 is 0. The molecule has 4 heteroatoms. The largest absolute Gasteiger partial charge is 0.361 e. The quantitative estimate of drug-likeness (QED) is 0.780. The number of carbonyl (C=O) groups is 2. The van der Waals surface area contributed by atoms with Gasteiger partial charge in [0.25, 0.3) is 5.91 Å². The summed E-state index contributed by atoms with van der Waals surface area (Å²) in [6, 6.07) is 7.99. The smallest absolute Gasteiger partial charge is 0.287 e. The molecule has 0 aliphatic heterocycles. The molecule has 0 atom stereocenters. The van der Waals surface area contributed by atoms with E-state index in [4.69, 9.17) is 0 Å². The van der Waals surface area contributed by atoms with Crippen molar-refractivity contribution in [1.29, 1.82) is 0 Å².